The molecule has 1 heterocycles. The predicted molar refractivity (Wildman–Crippen MR) is 94.7 cm³/mol. The molecule has 0 N–H and O–H groups in total. The number of carbonyl (C=O) groups is 1. The summed E-state index contributed by atoms with van der Waals surface area (Å²) in [5.41, 5.74) is -1.89. The van der Waals surface area contributed by atoms with Gasteiger partial charge in [-0.25, -0.2) is 9.18 Å². The Bertz CT molecular complexity index is 1100. The second kappa shape index (κ2) is 7.46. The molecule has 0 fully saturated rings. The molecule has 4 nitrogen and oxygen atoms in total. The van der Waals surface area contributed by atoms with Crippen molar-refractivity contribution in [3.8, 4) is 0 Å². The van der Waals surface area contributed by atoms with E-state index in [1.807, 2.05) is 0 Å². The van der Waals surface area contributed by atoms with Crippen LogP contribution in [-0.4, -0.2) is 17.1 Å². The van der Waals surface area contributed by atoms with Crippen LogP contribution in [0.1, 0.15) is 28.4 Å². The number of ether oxygens (including phenoxy) is 1. The van der Waals surface area contributed by atoms with Crippen LogP contribution in [0.4, 0.5) is 17.6 Å². The normalized spacial score (nSPS) is 11.6. The van der Waals surface area contributed by atoms with Crippen molar-refractivity contribution < 1.29 is 27.1 Å². The van der Waals surface area contributed by atoms with Gasteiger partial charge in [-0.05, 0) is 31.2 Å². The lowest BCUT2D eigenvalue weighted by molar-refractivity contribution is -0.137. The number of fused-ring (bicyclic) bond motifs is 1. The van der Waals surface area contributed by atoms with Gasteiger partial charge in [-0.15, -0.1) is 0 Å². The average molecular weight is 393 g/mol. The van der Waals surface area contributed by atoms with Gasteiger partial charge in [0.15, 0.2) is 0 Å². The van der Waals surface area contributed by atoms with Crippen molar-refractivity contribution in [1.82, 2.24) is 4.57 Å². The van der Waals surface area contributed by atoms with E-state index in [1.165, 1.54) is 22.8 Å². The molecule has 0 aliphatic rings. The predicted octanol–water partition coefficient (Wildman–Crippen LogP) is 4.38. The second-order valence-electron chi connectivity index (χ2n) is 6.04. The van der Waals surface area contributed by atoms with Crippen molar-refractivity contribution in [1.29, 1.82) is 0 Å². The largest absolute Gasteiger partial charge is 0.462 e. The molecule has 28 heavy (non-hydrogen) atoms. The van der Waals surface area contributed by atoms with Crippen LogP contribution in [0.25, 0.3) is 10.9 Å². The molecule has 0 saturated heterocycles. The highest BCUT2D eigenvalue weighted by Crippen LogP contribution is 2.31. The van der Waals surface area contributed by atoms with Crippen LogP contribution in [0.3, 0.4) is 0 Å². The maximum atomic E-state index is 14.1. The minimum atomic E-state index is -4.62. The van der Waals surface area contributed by atoms with Crippen molar-refractivity contribution in [3.63, 3.8) is 0 Å². The van der Waals surface area contributed by atoms with Gasteiger partial charge in [0.1, 0.15) is 11.4 Å². The molecule has 2 aromatic carbocycles. The summed E-state index contributed by atoms with van der Waals surface area (Å²) in [6.45, 7) is 1.42. The van der Waals surface area contributed by atoms with Gasteiger partial charge in [0, 0.05) is 17.1 Å². The number of nitrogens with zero attached hydrogens (tertiary/aromatic N) is 1. The van der Waals surface area contributed by atoms with E-state index in [-0.39, 0.29) is 35.2 Å². The zero-order valence-electron chi connectivity index (χ0n) is 14.7. The number of esters is 1. The number of hydrogen-bond donors (Lipinski definition) is 0. The van der Waals surface area contributed by atoms with Crippen LogP contribution in [-0.2, 0) is 17.5 Å². The zero-order valence-corrected chi connectivity index (χ0v) is 14.7. The van der Waals surface area contributed by atoms with Gasteiger partial charge in [-0.3, -0.25) is 4.79 Å². The monoisotopic (exact) mass is 393 g/mol. The minimum Gasteiger partial charge on any atom is -0.462 e. The summed E-state index contributed by atoms with van der Waals surface area (Å²) in [6.07, 6.45) is -3.51. The maximum Gasteiger partial charge on any atom is 0.416 e. The van der Waals surface area contributed by atoms with Gasteiger partial charge < -0.3 is 9.30 Å². The number of alkyl halides is 3. The molecule has 0 saturated carbocycles. The quantitative estimate of drug-likeness (QED) is 0.488. The summed E-state index contributed by atoms with van der Waals surface area (Å²) in [4.78, 5) is 24.7. The van der Waals surface area contributed by atoms with Crippen LogP contribution in [0, 0.1) is 5.82 Å². The Morgan fingerprint density at radius 3 is 2.50 bits per heavy atom. The molecule has 3 aromatic rings. The number of rotatable bonds is 4. The Balaban J connectivity index is 2.27. The Hall–Kier alpha value is -3.16. The Morgan fingerprint density at radius 1 is 1.14 bits per heavy atom. The summed E-state index contributed by atoms with van der Waals surface area (Å²) < 4.78 is 59.5. The third kappa shape index (κ3) is 3.76. The van der Waals surface area contributed by atoms with Gasteiger partial charge in [0.2, 0.25) is 5.43 Å². The molecule has 0 radical (unpaired) electrons. The molecule has 0 bridgehead atoms. The molecule has 0 aliphatic carbocycles. The van der Waals surface area contributed by atoms with E-state index in [0.29, 0.717) is 0 Å². The molecule has 146 valence electrons. The first-order chi connectivity index (χ1) is 13.2. The smallest absolute Gasteiger partial charge is 0.416 e. The standard InChI is InChI=1S/C20H15F4NO3/c1-2-28-19(27)15-11-25(10-12-5-3-4-6-16(12)21)17-9-13(20(22,23)24)7-8-14(17)18(15)26/h3-9,11H,2,10H2,1H3. The summed E-state index contributed by atoms with van der Waals surface area (Å²) in [7, 11) is 0. The van der Waals surface area contributed by atoms with E-state index in [2.05, 4.69) is 0 Å². The zero-order chi connectivity index (χ0) is 20.5. The Labute approximate surface area is 157 Å². The lowest BCUT2D eigenvalue weighted by Gasteiger charge is -2.15. The molecular formula is C20H15F4NO3. The van der Waals surface area contributed by atoms with Gasteiger partial charge in [-0.2, -0.15) is 13.2 Å². The highest BCUT2D eigenvalue weighted by molar-refractivity contribution is 5.94. The average Bonchev–Trinajstić information content (AvgIpc) is 2.64. The Kier molecular flexibility index (Phi) is 5.22. The topological polar surface area (TPSA) is 48.3 Å². The summed E-state index contributed by atoms with van der Waals surface area (Å²) in [5, 5.41) is -0.0881. The van der Waals surface area contributed by atoms with Crippen LogP contribution in [0.15, 0.2) is 53.5 Å². The fourth-order valence-corrected chi connectivity index (χ4v) is 2.86. The first kappa shape index (κ1) is 19.6. The molecule has 3 rings (SSSR count). The molecule has 0 atom stereocenters. The minimum absolute atomic E-state index is 0.0244. The highest BCUT2D eigenvalue weighted by Gasteiger charge is 2.31. The molecule has 0 spiro atoms. The molecule has 0 amide bonds. The fourth-order valence-electron chi connectivity index (χ4n) is 2.86. The number of halogens is 4. The van der Waals surface area contributed by atoms with E-state index in [9.17, 15) is 27.2 Å². The van der Waals surface area contributed by atoms with Crippen LogP contribution >= 0.6 is 0 Å². The van der Waals surface area contributed by atoms with Gasteiger partial charge in [-0.1, -0.05) is 18.2 Å². The van der Waals surface area contributed by atoms with E-state index in [0.717, 1.165) is 24.4 Å². The van der Waals surface area contributed by atoms with Gasteiger partial charge >= 0.3 is 12.1 Å². The summed E-state index contributed by atoms with van der Waals surface area (Å²) >= 11 is 0. The van der Waals surface area contributed by atoms with Crippen molar-refractivity contribution in [2.75, 3.05) is 6.61 Å². The van der Waals surface area contributed by atoms with Crippen LogP contribution < -0.4 is 5.43 Å². The number of aromatic nitrogens is 1. The number of pyridine rings is 1. The Morgan fingerprint density at radius 2 is 1.86 bits per heavy atom. The van der Waals surface area contributed by atoms with E-state index >= 15 is 0 Å². The van der Waals surface area contributed by atoms with Crippen LogP contribution in [0.5, 0.6) is 0 Å². The van der Waals surface area contributed by atoms with Gasteiger partial charge in [0.05, 0.1) is 24.2 Å². The van der Waals surface area contributed by atoms with E-state index < -0.39 is 29.0 Å². The molecule has 1 aromatic heterocycles. The lowest BCUT2D eigenvalue weighted by atomic mass is 10.1. The third-order valence-corrected chi connectivity index (χ3v) is 4.20. The number of hydrogen-bond acceptors (Lipinski definition) is 3. The van der Waals surface area contributed by atoms with Crippen molar-refractivity contribution >= 4 is 16.9 Å². The van der Waals surface area contributed by atoms with Crippen molar-refractivity contribution in [2.45, 2.75) is 19.6 Å². The van der Waals surface area contributed by atoms with Gasteiger partial charge in [0.25, 0.3) is 0 Å². The molecule has 8 heteroatoms. The summed E-state index contributed by atoms with van der Waals surface area (Å²) in [5.74, 6) is -1.45. The molecule has 0 unspecified atom stereocenters. The lowest BCUT2D eigenvalue weighted by Crippen LogP contribution is -2.22. The second-order valence-corrected chi connectivity index (χ2v) is 6.04. The van der Waals surface area contributed by atoms with E-state index in [4.69, 9.17) is 4.74 Å². The van der Waals surface area contributed by atoms with E-state index in [1.54, 1.807) is 13.0 Å². The number of benzene rings is 2. The first-order valence-electron chi connectivity index (χ1n) is 8.37. The van der Waals surface area contributed by atoms with Crippen molar-refractivity contribution in [2.24, 2.45) is 0 Å². The maximum absolute atomic E-state index is 14.1. The molecule has 0 aliphatic heterocycles. The first-order valence-corrected chi connectivity index (χ1v) is 8.37. The third-order valence-electron chi connectivity index (χ3n) is 4.20. The van der Waals surface area contributed by atoms with Crippen LogP contribution in [0.2, 0.25) is 0 Å². The van der Waals surface area contributed by atoms with Crippen molar-refractivity contribution in [3.05, 3.63) is 81.4 Å². The fraction of sp³-hybridized carbons (Fsp3) is 0.200. The SMILES string of the molecule is CCOC(=O)c1cn(Cc2ccccc2F)c2cc(C(F)(F)F)ccc2c1=O. The highest BCUT2D eigenvalue weighted by atomic mass is 19.4. The number of carbonyl (C=O) groups excluding carboxylic acids is 1. The summed E-state index contributed by atoms with van der Waals surface area (Å²) in [6, 6.07) is 8.34. The molecular weight excluding hydrogens is 378 g/mol.